The van der Waals surface area contributed by atoms with E-state index in [-0.39, 0.29) is 17.5 Å². The van der Waals surface area contributed by atoms with E-state index in [9.17, 15) is 0 Å². The van der Waals surface area contributed by atoms with E-state index < -0.39 is 0 Å². The lowest BCUT2D eigenvalue weighted by atomic mass is 9.33. The topological polar surface area (TPSA) is 16.3 Å². The van der Waals surface area contributed by atoms with Crippen molar-refractivity contribution in [2.45, 2.75) is 52.4 Å². The third kappa shape index (κ3) is 8.36. The van der Waals surface area contributed by atoms with Crippen LogP contribution in [0.4, 0.5) is 34.1 Å². The summed E-state index contributed by atoms with van der Waals surface area (Å²) in [7, 11) is 0. The van der Waals surface area contributed by atoms with Gasteiger partial charge in [0.15, 0.2) is 0 Å². The molecule has 0 saturated carbocycles. The van der Waals surface area contributed by atoms with E-state index >= 15 is 0 Å². The number of rotatable bonds is 7. The third-order valence-corrected chi connectivity index (χ3v) is 21.0. The van der Waals surface area contributed by atoms with Crippen LogP contribution in [-0.2, 0) is 10.8 Å². The number of nitrogens with zero attached hydrogens (tertiary/aromatic N) is 4. The fourth-order valence-electron chi connectivity index (χ4n) is 15.4. The first-order chi connectivity index (χ1) is 44.9. The SMILES string of the molecule is CC(C)(C)c1ccc(-c2ccccc2N2c3cc(-n4c5ccccc5c5ccccc54)ccc3B3c4ccc(-n5c6ccccc6c6ccccc65)cc4N(c4ccccc4-c4ccc(C(C)(C)C)cc4)c4cc(-c5ccc6sc7ccccc7c6c5)cc2c43)cc1. The van der Waals surface area contributed by atoms with Crippen LogP contribution in [0.15, 0.2) is 285 Å². The van der Waals surface area contributed by atoms with Crippen molar-refractivity contribution in [1.29, 1.82) is 0 Å². The molecule has 438 valence electrons. The van der Waals surface area contributed by atoms with E-state index in [1.54, 1.807) is 0 Å². The van der Waals surface area contributed by atoms with Crippen molar-refractivity contribution in [2.75, 3.05) is 9.80 Å². The molecular weight excluding hydrogens is 1130 g/mol. The normalized spacial score (nSPS) is 13.0. The quantitative estimate of drug-likeness (QED) is 0.148. The summed E-state index contributed by atoms with van der Waals surface area (Å²) < 4.78 is 7.55. The molecule has 0 saturated heterocycles. The standard InChI is InChI=1S/C86H65BN4S/c1-85(2,3)58-40-35-54(36-41-58)62-21-7-14-28-72(62)90-78-52-60(88-74-30-16-9-23-64(74)65-24-10-17-31-75(65)88)44-46-70(78)87-71-47-45-61(89-76-32-18-11-25-66(76)67-26-12-19-33-77(67)89)53-79(71)91(73-29-15-8-22-63(73)55-37-42-59(43-38-55)86(4,5)6)81-51-57(50-80(90)84(81)87)56-39-48-83-69(49-56)68-27-13-20-34-82(68)92-83/h7-53H,1-6H3. The highest BCUT2D eigenvalue weighted by atomic mass is 32.1. The summed E-state index contributed by atoms with van der Waals surface area (Å²) in [6.45, 7) is 13.6. The zero-order valence-electron chi connectivity index (χ0n) is 52.4. The molecule has 0 fully saturated rings. The van der Waals surface area contributed by atoms with Gasteiger partial charge in [-0.25, -0.2) is 0 Å². The fraction of sp³-hybridized carbons (Fsp3) is 0.0930. The summed E-state index contributed by atoms with van der Waals surface area (Å²) in [6, 6.07) is 108. The highest BCUT2D eigenvalue weighted by molar-refractivity contribution is 7.25. The summed E-state index contributed by atoms with van der Waals surface area (Å²) in [5, 5.41) is 7.51. The van der Waals surface area contributed by atoms with Gasteiger partial charge in [-0.1, -0.05) is 236 Å². The minimum atomic E-state index is -0.175. The zero-order chi connectivity index (χ0) is 61.7. The van der Waals surface area contributed by atoms with Crippen molar-refractivity contribution in [2.24, 2.45) is 0 Å². The molecule has 92 heavy (non-hydrogen) atoms. The molecule has 13 aromatic carbocycles. The molecule has 5 heterocycles. The number of fused-ring (bicyclic) bond motifs is 13. The van der Waals surface area contributed by atoms with E-state index in [0.29, 0.717) is 0 Å². The predicted molar refractivity (Wildman–Crippen MR) is 396 cm³/mol. The number of thiophene rings is 1. The van der Waals surface area contributed by atoms with Gasteiger partial charge in [-0.2, -0.15) is 0 Å². The maximum absolute atomic E-state index is 2.64. The number of anilines is 6. The Balaban J connectivity index is 0.976. The number of benzene rings is 13. The molecule has 2 aliphatic rings. The van der Waals surface area contributed by atoms with Gasteiger partial charge in [0.25, 0.3) is 6.71 Å². The van der Waals surface area contributed by atoms with Crippen molar-refractivity contribution in [3.63, 3.8) is 0 Å². The lowest BCUT2D eigenvalue weighted by Gasteiger charge is -2.45. The van der Waals surface area contributed by atoms with E-state index in [2.05, 4.69) is 346 Å². The number of hydrogen-bond donors (Lipinski definition) is 0. The van der Waals surface area contributed by atoms with Gasteiger partial charge in [0, 0.05) is 87.0 Å². The van der Waals surface area contributed by atoms with Gasteiger partial charge in [-0.05, 0) is 152 Å². The minimum Gasteiger partial charge on any atom is -0.311 e. The Morgan fingerprint density at radius 2 is 0.663 bits per heavy atom. The second kappa shape index (κ2) is 20.4. The fourth-order valence-corrected chi connectivity index (χ4v) is 16.4. The first kappa shape index (κ1) is 54.3. The molecule has 16 aromatic rings. The molecular formula is C86H65BN4S. The highest BCUT2D eigenvalue weighted by Crippen LogP contribution is 2.52. The summed E-state index contributed by atoms with van der Waals surface area (Å²) in [4.78, 5) is 5.29. The third-order valence-electron chi connectivity index (χ3n) is 19.8. The molecule has 0 spiro atoms. The minimum absolute atomic E-state index is 0.000780. The summed E-state index contributed by atoms with van der Waals surface area (Å²) >= 11 is 1.87. The van der Waals surface area contributed by atoms with Gasteiger partial charge >= 0.3 is 0 Å². The van der Waals surface area contributed by atoms with Crippen LogP contribution in [0.2, 0.25) is 0 Å². The number of para-hydroxylation sites is 6. The molecule has 0 unspecified atom stereocenters. The number of aromatic nitrogens is 2. The van der Waals surface area contributed by atoms with Crippen molar-refractivity contribution < 1.29 is 0 Å². The highest BCUT2D eigenvalue weighted by Gasteiger charge is 2.45. The molecule has 0 aliphatic carbocycles. The van der Waals surface area contributed by atoms with Crippen LogP contribution in [0.5, 0.6) is 0 Å². The average Bonchev–Trinajstić information content (AvgIpc) is 0.727. The monoisotopic (exact) mass is 1200 g/mol. The summed E-state index contributed by atoms with van der Waals surface area (Å²) in [5.41, 5.74) is 27.1. The second-order valence-electron chi connectivity index (χ2n) is 27.3. The zero-order valence-corrected chi connectivity index (χ0v) is 53.2. The molecule has 6 heteroatoms. The Morgan fingerprint density at radius 3 is 1.11 bits per heavy atom. The molecule has 18 rings (SSSR count). The maximum Gasteiger partial charge on any atom is 0.252 e. The molecule has 0 N–H and O–H groups in total. The Bertz CT molecular complexity index is 5290. The largest absolute Gasteiger partial charge is 0.311 e. The Kier molecular flexibility index (Phi) is 12.1. The number of hydrogen-bond acceptors (Lipinski definition) is 3. The van der Waals surface area contributed by atoms with Crippen LogP contribution in [-0.4, -0.2) is 15.8 Å². The molecule has 0 amide bonds. The van der Waals surface area contributed by atoms with Crippen LogP contribution < -0.4 is 26.2 Å². The van der Waals surface area contributed by atoms with Crippen LogP contribution in [0.1, 0.15) is 52.7 Å². The maximum atomic E-state index is 2.64. The van der Waals surface area contributed by atoms with Crippen molar-refractivity contribution in [3.05, 3.63) is 296 Å². The Labute approximate surface area is 541 Å². The summed E-state index contributed by atoms with van der Waals surface area (Å²) in [5.74, 6) is 0. The first-order valence-corrected chi connectivity index (χ1v) is 33.1. The lowest BCUT2D eigenvalue weighted by molar-refractivity contribution is 0.590. The van der Waals surface area contributed by atoms with Gasteiger partial charge in [-0.3, -0.25) is 0 Å². The van der Waals surface area contributed by atoms with Crippen LogP contribution >= 0.6 is 11.3 Å². The van der Waals surface area contributed by atoms with Gasteiger partial charge in [0.05, 0.1) is 33.4 Å². The van der Waals surface area contributed by atoms with Gasteiger partial charge in [-0.15, -0.1) is 11.3 Å². The van der Waals surface area contributed by atoms with Gasteiger partial charge in [0.1, 0.15) is 0 Å². The van der Waals surface area contributed by atoms with E-state index in [1.165, 1.54) is 108 Å². The van der Waals surface area contributed by atoms with Crippen molar-refractivity contribution in [3.8, 4) is 44.8 Å². The second-order valence-corrected chi connectivity index (χ2v) is 28.3. The van der Waals surface area contributed by atoms with Crippen LogP contribution in [0, 0.1) is 0 Å². The van der Waals surface area contributed by atoms with Gasteiger partial charge < -0.3 is 18.9 Å². The smallest absolute Gasteiger partial charge is 0.252 e. The predicted octanol–water partition coefficient (Wildman–Crippen LogP) is 21.9. The van der Waals surface area contributed by atoms with Crippen LogP contribution in [0.25, 0.3) is 109 Å². The first-order valence-electron chi connectivity index (χ1n) is 32.3. The lowest BCUT2D eigenvalue weighted by Crippen LogP contribution is -2.61. The average molecular weight is 1200 g/mol. The van der Waals surface area contributed by atoms with Crippen LogP contribution in [0.3, 0.4) is 0 Å². The van der Waals surface area contributed by atoms with E-state index in [1.807, 2.05) is 11.3 Å². The van der Waals surface area contributed by atoms with Crippen molar-refractivity contribution in [1.82, 2.24) is 9.13 Å². The molecule has 4 nitrogen and oxygen atoms in total. The Morgan fingerprint density at radius 1 is 0.283 bits per heavy atom. The van der Waals surface area contributed by atoms with E-state index in [0.717, 1.165) is 62.2 Å². The molecule has 3 aromatic heterocycles. The van der Waals surface area contributed by atoms with E-state index in [4.69, 9.17) is 0 Å². The molecule has 0 radical (unpaired) electrons. The summed E-state index contributed by atoms with van der Waals surface area (Å²) in [6.07, 6.45) is 0. The van der Waals surface area contributed by atoms with Crippen molar-refractivity contribution >= 4 is 132 Å². The Hall–Kier alpha value is -10.7. The molecule has 0 atom stereocenters. The molecule has 2 aliphatic heterocycles. The van der Waals surface area contributed by atoms with Gasteiger partial charge in [0.2, 0.25) is 0 Å². The molecule has 0 bridgehead atoms.